The van der Waals surface area contributed by atoms with Gasteiger partial charge in [0.15, 0.2) is 0 Å². The Bertz CT molecular complexity index is 1060. The number of nitrogens with one attached hydrogen (secondary N) is 2. The van der Waals surface area contributed by atoms with Gasteiger partial charge in [-0.15, -0.1) is 0 Å². The highest BCUT2D eigenvalue weighted by Crippen LogP contribution is 2.27. The maximum absolute atomic E-state index is 12.9. The summed E-state index contributed by atoms with van der Waals surface area (Å²) in [4.78, 5) is 30.8. The third-order valence-electron chi connectivity index (χ3n) is 6.47. The van der Waals surface area contributed by atoms with Crippen LogP contribution in [-0.2, 0) is 11.3 Å². The molecule has 1 aliphatic heterocycles. The molecule has 2 aromatic carbocycles. The molecule has 2 amide bonds. The Morgan fingerprint density at radius 1 is 1.06 bits per heavy atom. The number of piperidine rings is 1. The summed E-state index contributed by atoms with van der Waals surface area (Å²) in [5, 5.41) is 4.11. The molecule has 1 aliphatic rings. The highest BCUT2D eigenvalue weighted by Gasteiger charge is 2.30. The van der Waals surface area contributed by atoms with Gasteiger partial charge in [0, 0.05) is 36.5 Å². The highest BCUT2D eigenvalue weighted by atomic mass is 16.5. The largest absolute Gasteiger partial charge is 0.491 e. The van der Waals surface area contributed by atoms with Gasteiger partial charge in [0.2, 0.25) is 5.91 Å². The van der Waals surface area contributed by atoms with Gasteiger partial charge in [-0.3, -0.25) is 9.59 Å². The van der Waals surface area contributed by atoms with Gasteiger partial charge in [0.25, 0.3) is 5.91 Å². The van der Waals surface area contributed by atoms with E-state index in [-0.39, 0.29) is 29.8 Å². The molecule has 0 bridgehead atoms. The molecule has 2 heterocycles. The van der Waals surface area contributed by atoms with Crippen molar-refractivity contribution in [2.75, 3.05) is 13.1 Å². The van der Waals surface area contributed by atoms with Gasteiger partial charge < -0.3 is 19.9 Å². The van der Waals surface area contributed by atoms with Gasteiger partial charge in [-0.1, -0.05) is 37.3 Å². The molecule has 3 aromatic rings. The molecule has 6 nitrogen and oxygen atoms in total. The second-order valence-corrected chi connectivity index (χ2v) is 9.22. The number of carbonyl (C=O) groups excluding carboxylic acids is 2. The lowest BCUT2D eigenvalue weighted by Crippen LogP contribution is -2.42. The lowest BCUT2D eigenvalue weighted by atomic mass is 9.84. The second kappa shape index (κ2) is 10.1. The predicted molar refractivity (Wildman–Crippen MR) is 130 cm³/mol. The molecular weight excluding hydrogens is 414 g/mol. The number of H-pyrrole nitrogens is 1. The number of rotatable bonds is 7. The van der Waals surface area contributed by atoms with Crippen LogP contribution in [0, 0.1) is 11.8 Å². The van der Waals surface area contributed by atoms with Gasteiger partial charge >= 0.3 is 0 Å². The molecule has 1 fully saturated rings. The summed E-state index contributed by atoms with van der Waals surface area (Å²) in [5.41, 5.74) is 2.65. The maximum Gasteiger partial charge on any atom is 0.270 e. The van der Waals surface area contributed by atoms with Crippen molar-refractivity contribution in [3.63, 3.8) is 0 Å². The van der Waals surface area contributed by atoms with Crippen LogP contribution in [0.5, 0.6) is 5.75 Å². The van der Waals surface area contributed by atoms with E-state index in [4.69, 9.17) is 4.74 Å². The third kappa shape index (κ3) is 5.56. The average Bonchev–Trinajstić information content (AvgIpc) is 3.26. The Hall–Kier alpha value is -3.28. The zero-order chi connectivity index (χ0) is 23.4. The lowest BCUT2D eigenvalue weighted by Gasteiger charge is -2.34. The molecule has 174 valence electrons. The van der Waals surface area contributed by atoms with Crippen LogP contribution < -0.4 is 10.1 Å². The van der Waals surface area contributed by atoms with Crippen molar-refractivity contribution in [1.29, 1.82) is 0 Å². The number of ether oxygens (including phenoxy) is 1. The molecule has 1 atom stereocenters. The molecule has 1 aromatic heterocycles. The number of hydrogen-bond donors (Lipinski definition) is 2. The number of hydrogen-bond acceptors (Lipinski definition) is 3. The monoisotopic (exact) mass is 447 g/mol. The number of likely N-dealkylation sites (tertiary alicyclic amines) is 1. The standard InChI is InChI=1S/C27H33N3O3/c1-18(2)33-23-10-8-20(9-11-23)17-28-26(31)19(3)21-12-14-30(15-13-21)27(32)25-16-22-6-4-5-7-24(22)29-25/h4-11,16,18-19,21,29H,12-15,17H2,1-3H3,(H,28,31)/t19-/m1/s1. The van der Waals surface area contributed by atoms with E-state index in [0.717, 1.165) is 35.1 Å². The Kier molecular flexibility index (Phi) is 7.02. The third-order valence-corrected chi connectivity index (χ3v) is 6.47. The summed E-state index contributed by atoms with van der Waals surface area (Å²) in [6, 6.07) is 17.7. The Balaban J connectivity index is 1.25. The molecule has 0 aliphatic carbocycles. The lowest BCUT2D eigenvalue weighted by molar-refractivity contribution is -0.126. The Labute approximate surface area is 195 Å². The molecular formula is C27H33N3O3. The molecule has 33 heavy (non-hydrogen) atoms. The zero-order valence-corrected chi connectivity index (χ0v) is 19.6. The van der Waals surface area contributed by atoms with Crippen LogP contribution in [0.2, 0.25) is 0 Å². The fourth-order valence-corrected chi connectivity index (χ4v) is 4.48. The van der Waals surface area contributed by atoms with E-state index in [1.165, 1.54) is 0 Å². The summed E-state index contributed by atoms with van der Waals surface area (Å²) in [6.07, 6.45) is 1.81. The van der Waals surface area contributed by atoms with Crippen molar-refractivity contribution >= 4 is 22.7 Å². The smallest absolute Gasteiger partial charge is 0.270 e. The summed E-state index contributed by atoms with van der Waals surface area (Å²) in [7, 11) is 0. The van der Waals surface area contributed by atoms with Crippen LogP contribution in [0.25, 0.3) is 10.9 Å². The number of amides is 2. The minimum Gasteiger partial charge on any atom is -0.491 e. The summed E-state index contributed by atoms with van der Waals surface area (Å²) >= 11 is 0. The molecule has 0 spiro atoms. The fraction of sp³-hybridized carbons (Fsp3) is 0.407. The van der Waals surface area contributed by atoms with Crippen molar-refractivity contribution in [1.82, 2.24) is 15.2 Å². The van der Waals surface area contributed by atoms with Crippen LogP contribution in [-0.4, -0.2) is 40.9 Å². The topological polar surface area (TPSA) is 74.4 Å². The van der Waals surface area contributed by atoms with Crippen LogP contribution in [0.3, 0.4) is 0 Å². The normalized spacial score (nSPS) is 15.6. The average molecular weight is 448 g/mol. The van der Waals surface area contributed by atoms with Crippen molar-refractivity contribution in [3.8, 4) is 5.75 Å². The molecule has 1 saturated heterocycles. The first-order valence-electron chi connectivity index (χ1n) is 11.8. The second-order valence-electron chi connectivity index (χ2n) is 9.22. The Morgan fingerprint density at radius 2 is 1.76 bits per heavy atom. The van der Waals surface area contributed by atoms with Gasteiger partial charge in [-0.25, -0.2) is 0 Å². The molecule has 0 saturated carbocycles. The first-order chi connectivity index (χ1) is 15.9. The number of carbonyl (C=O) groups is 2. The molecule has 6 heteroatoms. The Morgan fingerprint density at radius 3 is 2.42 bits per heavy atom. The fourth-order valence-electron chi connectivity index (χ4n) is 4.48. The van der Waals surface area contributed by atoms with Crippen LogP contribution in [0.15, 0.2) is 54.6 Å². The van der Waals surface area contributed by atoms with E-state index in [1.54, 1.807) is 0 Å². The number of aromatic amines is 1. The SMILES string of the molecule is CC(C)Oc1ccc(CNC(=O)[C@H](C)C2CCN(C(=O)c3cc4ccccc4[nH]3)CC2)cc1. The van der Waals surface area contributed by atoms with E-state index in [1.807, 2.05) is 80.3 Å². The highest BCUT2D eigenvalue weighted by molar-refractivity contribution is 5.98. The molecule has 2 N–H and O–H groups in total. The number of nitrogens with zero attached hydrogens (tertiary/aromatic N) is 1. The first-order valence-corrected chi connectivity index (χ1v) is 11.8. The van der Waals surface area contributed by atoms with E-state index < -0.39 is 0 Å². The minimum atomic E-state index is -0.0844. The van der Waals surface area contributed by atoms with E-state index >= 15 is 0 Å². The number of aromatic nitrogens is 1. The van der Waals surface area contributed by atoms with Gasteiger partial charge in [0.05, 0.1) is 6.10 Å². The minimum absolute atomic E-state index is 0.0339. The zero-order valence-electron chi connectivity index (χ0n) is 19.6. The number of fused-ring (bicyclic) bond motifs is 1. The van der Waals surface area contributed by atoms with Crippen LogP contribution in [0.1, 0.15) is 49.7 Å². The maximum atomic E-state index is 12.9. The van der Waals surface area contributed by atoms with Gasteiger partial charge in [-0.2, -0.15) is 0 Å². The first kappa shape index (κ1) is 22.9. The quantitative estimate of drug-likeness (QED) is 0.548. The number of benzene rings is 2. The summed E-state index contributed by atoms with van der Waals surface area (Å²) in [5.74, 6) is 1.13. The predicted octanol–water partition coefficient (Wildman–Crippen LogP) is 4.76. The summed E-state index contributed by atoms with van der Waals surface area (Å²) < 4.78 is 5.66. The van der Waals surface area contributed by atoms with Gasteiger partial charge in [0.1, 0.15) is 11.4 Å². The van der Waals surface area contributed by atoms with Gasteiger partial charge in [-0.05, 0) is 62.4 Å². The van der Waals surface area contributed by atoms with Crippen molar-refractivity contribution < 1.29 is 14.3 Å². The molecule has 0 radical (unpaired) electrons. The molecule has 0 unspecified atom stereocenters. The van der Waals surface area contributed by atoms with Crippen molar-refractivity contribution in [3.05, 3.63) is 65.9 Å². The van der Waals surface area contributed by atoms with Crippen molar-refractivity contribution in [2.45, 2.75) is 46.3 Å². The van der Waals surface area contributed by atoms with E-state index in [0.29, 0.717) is 25.3 Å². The van der Waals surface area contributed by atoms with E-state index in [2.05, 4.69) is 10.3 Å². The van der Waals surface area contributed by atoms with Crippen LogP contribution in [0.4, 0.5) is 0 Å². The molecule has 4 rings (SSSR count). The van der Waals surface area contributed by atoms with Crippen molar-refractivity contribution in [2.24, 2.45) is 11.8 Å². The summed E-state index contributed by atoms with van der Waals surface area (Å²) in [6.45, 7) is 7.84. The van der Waals surface area contributed by atoms with Crippen LogP contribution >= 0.6 is 0 Å². The number of para-hydroxylation sites is 1. The van der Waals surface area contributed by atoms with E-state index in [9.17, 15) is 9.59 Å².